The Morgan fingerprint density at radius 3 is 2.39 bits per heavy atom. The van der Waals surface area contributed by atoms with Gasteiger partial charge < -0.3 is 4.74 Å². The zero-order chi connectivity index (χ0) is 22.0. The minimum absolute atomic E-state index is 0.0462. The standard InChI is InChI=1S/C26H26N2O2S/c1-17-12-18(2)22(19(3)13-17)15-25(29)28(16-20-8-6-5-7-9-20)26-27-23-11-10-21(30-4)14-24(23)31-26/h5-14H,15-16H2,1-4H3. The predicted octanol–water partition coefficient (Wildman–Crippen LogP) is 6.01. The molecular weight excluding hydrogens is 404 g/mol. The van der Waals surface area contributed by atoms with Gasteiger partial charge in [0, 0.05) is 0 Å². The fourth-order valence-corrected chi connectivity index (χ4v) is 4.91. The molecule has 0 spiro atoms. The lowest BCUT2D eigenvalue weighted by Crippen LogP contribution is -2.32. The average Bonchev–Trinajstić information content (AvgIpc) is 3.18. The van der Waals surface area contributed by atoms with Crippen molar-refractivity contribution in [2.24, 2.45) is 0 Å². The van der Waals surface area contributed by atoms with E-state index in [4.69, 9.17) is 9.72 Å². The molecule has 1 heterocycles. The van der Waals surface area contributed by atoms with Gasteiger partial charge in [0.15, 0.2) is 5.13 Å². The molecule has 5 heteroatoms. The van der Waals surface area contributed by atoms with Crippen molar-refractivity contribution in [2.45, 2.75) is 33.7 Å². The van der Waals surface area contributed by atoms with Crippen LogP contribution in [0.3, 0.4) is 0 Å². The zero-order valence-electron chi connectivity index (χ0n) is 18.3. The molecule has 0 atom stereocenters. The monoisotopic (exact) mass is 430 g/mol. The van der Waals surface area contributed by atoms with Crippen LogP contribution in [-0.2, 0) is 17.8 Å². The molecule has 0 bridgehead atoms. The number of hydrogen-bond acceptors (Lipinski definition) is 4. The van der Waals surface area contributed by atoms with E-state index in [0.29, 0.717) is 18.1 Å². The van der Waals surface area contributed by atoms with Gasteiger partial charge in [0.05, 0.1) is 30.3 Å². The first kappa shape index (κ1) is 21.1. The highest BCUT2D eigenvalue weighted by Crippen LogP contribution is 2.33. The summed E-state index contributed by atoms with van der Waals surface area (Å²) in [6, 6.07) is 20.1. The summed E-state index contributed by atoms with van der Waals surface area (Å²) >= 11 is 1.52. The second-order valence-corrected chi connectivity index (χ2v) is 8.86. The third-order valence-electron chi connectivity index (χ3n) is 5.47. The first-order valence-electron chi connectivity index (χ1n) is 10.3. The maximum absolute atomic E-state index is 13.6. The van der Waals surface area contributed by atoms with E-state index in [1.165, 1.54) is 16.9 Å². The molecule has 0 fully saturated rings. The summed E-state index contributed by atoms with van der Waals surface area (Å²) in [5.41, 5.74) is 6.56. The number of aryl methyl sites for hydroxylation is 3. The van der Waals surface area contributed by atoms with Crippen molar-refractivity contribution in [3.63, 3.8) is 0 Å². The number of amides is 1. The van der Waals surface area contributed by atoms with Gasteiger partial charge in [-0.2, -0.15) is 0 Å². The number of ether oxygens (including phenoxy) is 1. The van der Waals surface area contributed by atoms with Gasteiger partial charge in [0.1, 0.15) is 5.75 Å². The first-order chi connectivity index (χ1) is 14.9. The third kappa shape index (κ3) is 4.62. The highest BCUT2D eigenvalue weighted by molar-refractivity contribution is 7.22. The molecule has 0 radical (unpaired) electrons. The second kappa shape index (κ2) is 8.90. The third-order valence-corrected chi connectivity index (χ3v) is 6.51. The van der Waals surface area contributed by atoms with Crippen LogP contribution < -0.4 is 9.64 Å². The summed E-state index contributed by atoms with van der Waals surface area (Å²) in [4.78, 5) is 20.2. The van der Waals surface area contributed by atoms with Gasteiger partial charge in [-0.1, -0.05) is 59.4 Å². The Balaban J connectivity index is 1.71. The van der Waals surface area contributed by atoms with Crippen molar-refractivity contribution in [3.05, 3.63) is 88.5 Å². The van der Waals surface area contributed by atoms with Crippen LogP contribution in [0.15, 0.2) is 60.7 Å². The lowest BCUT2D eigenvalue weighted by molar-refractivity contribution is -0.118. The fraction of sp³-hybridized carbons (Fsp3) is 0.231. The van der Waals surface area contributed by atoms with Crippen LogP contribution in [0.25, 0.3) is 10.2 Å². The van der Waals surface area contributed by atoms with Gasteiger partial charge in [0.25, 0.3) is 0 Å². The van der Waals surface area contributed by atoms with Crippen LogP contribution in [0.5, 0.6) is 5.75 Å². The summed E-state index contributed by atoms with van der Waals surface area (Å²) < 4.78 is 6.35. The number of methoxy groups -OCH3 is 1. The number of fused-ring (bicyclic) bond motifs is 1. The topological polar surface area (TPSA) is 42.4 Å². The van der Waals surface area contributed by atoms with Crippen LogP contribution in [-0.4, -0.2) is 18.0 Å². The van der Waals surface area contributed by atoms with E-state index in [9.17, 15) is 4.79 Å². The van der Waals surface area contributed by atoms with E-state index in [0.717, 1.165) is 38.2 Å². The van der Waals surface area contributed by atoms with Crippen LogP contribution >= 0.6 is 11.3 Å². The molecule has 158 valence electrons. The first-order valence-corrected chi connectivity index (χ1v) is 11.1. The maximum atomic E-state index is 13.6. The van der Waals surface area contributed by atoms with Crippen LogP contribution in [0, 0.1) is 20.8 Å². The molecule has 4 rings (SSSR count). The summed E-state index contributed by atoms with van der Waals surface area (Å²) in [5.74, 6) is 0.833. The highest BCUT2D eigenvalue weighted by atomic mass is 32.1. The molecule has 0 aliphatic carbocycles. The number of carbonyl (C=O) groups is 1. The largest absolute Gasteiger partial charge is 0.497 e. The molecule has 1 amide bonds. The predicted molar refractivity (Wildman–Crippen MR) is 128 cm³/mol. The molecule has 0 saturated heterocycles. The Labute approximate surface area is 187 Å². The number of nitrogens with zero attached hydrogens (tertiary/aromatic N) is 2. The van der Waals surface area contributed by atoms with Crippen molar-refractivity contribution >= 4 is 32.6 Å². The number of benzene rings is 3. The molecule has 4 aromatic rings. The quantitative estimate of drug-likeness (QED) is 0.376. The van der Waals surface area contributed by atoms with Crippen LogP contribution in [0.1, 0.15) is 27.8 Å². The number of hydrogen-bond donors (Lipinski definition) is 0. The lowest BCUT2D eigenvalue weighted by Gasteiger charge is -2.21. The van der Waals surface area contributed by atoms with Crippen LogP contribution in [0.2, 0.25) is 0 Å². The van der Waals surface area contributed by atoms with Gasteiger partial charge in [0.2, 0.25) is 5.91 Å². The average molecular weight is 431 g/mol. The molecule has 0 unspecified atom stereocenters. The summed E-state index contributed by atoms with van der Waals surface area (Å²) in [6.07, 6.45) is 0.351. The number of thiazole rings is 1. The molecule has 0 N–H and O–H groups in total. The molecule has 31 heavy (non-hydrogen) atoms. The molecule has 0 saturated carbocycles. The van der Waals surface area contributed by atoms with Crippen molar-refractivity contribution in [1.29, 1.82) is 0 Å². The Morgan fingerprint density at radius 1 is 1.00 bits per heavy atom. The van der Waals surface area contributed by atoms with Gasteiger partial charge >= 0.3 is 0 Å². The Kier molecular flexibility index (Phi) is 6.05. The van der Waals surface area contributed by atoms with Crippen molar-refractivity contribution in [1.82, 2.24) is 4.98 Å². The number of aromatic nitrogens is 1. The van der Waals surface area contributed by atoms with Crippen molar-refractivity contribution < 1.29 is 9.53 Å². The van der Waals surface area contributed by atoms with Crippen molar-refractivity contribution in [2.75, 3.05) is 12.0 Å². The normalized spacial score (nSPS) is 11.0. The minimum Gasteiger partial charge on any atom is -0.497 e. The summed E-state index contributed by atoms with van der Waals surface area (Å²) in [7, 11) is 1.65. The minimum atomic E-state index is 0.0462. The summed E-state index contributed by atoms with van der Waals surface area (Å²) in [6.45, 7) is 6.73. The number of anilines is 1. The van der Waals surface area contributed by atoms with E-state index in [-0.39, 0.29) is 5.91 Å². The summed E-state index contributed by atoms with van der Waals surface area (Å²) in [5, 5.41) is 0.708. The van der Waals surface area contributed by atoms with Gasteiger partial charge in [-0.3, -0.25) is 9.69 Å². The molecule has 4 nitrogen and oxygen atoms in total. The Bertz CT molecular complexity index is 1210. The number of rotatable bonds is 6. The molecule has 3 aromatic carbocycles. The molecular formula is C26H26N2O2S. The van der Waals surface area contributed by atoms with E-state index < -0.39 is 0 Å². The van der Waals surface area contributed by atoms with Gasteiger partial charge in [-0.05, 0) is 61.2 Å². The molecule has 0 aliphatic heterocycles. The van der Waals surface area contributed by atoms with E-state index in [2.05, 4.69) is 32.9 Å². The maximum Gasteiger partial charge on any atom is 0.233 e. The lowest BCUT2D eigenvalue weighted by atomic mass is 9.97. The molecule has 1 aromatic heterocycles. The fourth-order valence-electron chi connectivity index (χ4n) is 3.90. The smallest absolute Gasteiger partial charge is 0.233 e. The zero-order valence-corrected chi connectivity index (χ0v) is 19.1. The highest BCUT2D eigenvalue weighted by Gasteiger charge is 2.22. The van der Waals surface area contributed by atoms with E-state index in [1.54, 1.807) is 7.11 Å². The second-order valence-electron chi connectivity index (χ2n) is 7.85. The van der Waals surface area contributed by atoms with Crippen molar-refractivity contribution in [3.8, 4) is 5.75 Å². The Morgan fingerprint density at radius 2 is 1.71 bits per heavy atom. The van der Waals surface area contributed by atoms with Crippen LogP contribution in [0.4, 0.5) is 5.13 Å². The Hall–Kier alpha value is -3.18. The SMILES string of the molecule is COc1ccc2nc(N(Cc3ccccc3)C(=O)Cc3c(C)cc(C)cc3C)sc2c1. The van der Waals surface area contributed by atoms with Gasteiger partial charge in [-0.15, -0.1) is 0 Å². The number of carbonyl (C=O) groups excluding carboxylic acids is 1. The van der Waals surface area contributed by atoms with E-state index >= 15 is 0 Å². The van der Waals surface area contributed by atoms with Gasteiger partial charge in [-0.25, -0.2) is 4.98 Å². The molecule has 0 aliphatic rings. The van der Waals surface area contributed by atoms with E-state index in [1.807, 2.05) is 53.4 Å².